The molecular weight excluding hydrogens is 350 g/mol. The molecule has 21 heavy (non-hydrogen) atoms. The fourth-order valence-electron chi connectivity index (χ4n) is 2.00. The normalized spacial score (nSPS) is 11.8. The van der Waals surface area contributed by atoms with Gasteiger partial charge in [0.25, 0.3) is 0 Å². The number of hydrogen-bond donors (Lipinski definition) is 0. The van der Waals surface area contributed by atoms with Gasteiger partial charge in [0.15, 0.2) is 9.84 Å². The van der Waals surface area contributed by atoms with Crippen molar-refractivity contribution < 1.29 is 8.42 Å². The van der Waals surface area contributed by atoms with Crippen molar-refractivity contribution in [2.24, 2.45) is 0 Å². The summed E-state index contributed by atoms with van der Waals surface area (Å²) in [4.78, 5) is 2.41. The summed E-state index contributed by atoms with van der Waals surface area (Å²) in [5, 5.41) is 0. The van der Waals surface area contributed by atoms with E-state index in [-0.39, 0.29) is 5.75 Å². The minimum Gasteiger partial charge on any atom is -0.301 e. The summed E-state index contributed by atoms with van der Waals surface area (Å²) in [6.45, 7) is 1.24. The van der Waals surface area contributed by atoms with E-state index < -0.39 is 9.84 Å². The Bertz CT molecular complexity index is 669. The van der Waals surface area contributed by atoms with Crippen LogP contribution in [0.3, 0.4) is 0 Å². The largest absolute Gasteiger partial charge is 0.301 e. The summed E-state index contributed by atoms with van der Waals surface area (Å²) >= 11 is 3.40. The molecule has 0 aliphatic carbocycles. The highest BCUT2D eigenvalue weighted by Gasteiger charge is 2.14. The lowest BCUT2D eigenvalue weighted by Crippen LogP contribution is -2.25. The number of nitrogens with zero attached hydrogens (tertiary/aromatic N) is 1. The standard InChI is InChI=1S/C16H18BrNO2S/c1-18(13-14-7-9-15(17)10-8-14)11-12-21(19,20)16-5-3-2-4-6-16/h2-10H,11-13H2,1H3. The molecule has 0 atom stereocenters. The van der Waals surface area contributed by atoms with Crippen molar-refractivity contribution in [1.82, 2.24) is 4.90 Å². The van der Waals surface area contributed by atoms with Crippen LogP contribution in [0.4, 0.5) is 0 Å². The summed E-state index contributed by atoms with van der Waals surface area (Å²) in [5.74, 6) is 0.129. The summed E-state index contributed by atoms with van der Waals surface area (Å²) in [6.07, 6.45) is 0. The summed E-state index contributed by atoms with van der Waals surface area (Å²) in [7, 11) is -1.27. The molecule has 0 fully saturated rings. The number of rotatable bonds is 6. The lowest BCUT2D eigenvalue weighted by Gasteiger charge is -2.16. The van der Waals surface area contributed by atoms with Crippen LogP contribution < -0.4 is 0 Å². The maximum absolute atomic E-state index is 12.2. The Morgan fingerprint density at radius 3 is 2.24 bits per heavy atom. The topological polar surface area (TPSA) is 37.4 Å². The van der Waals surface area contributed by atoms with E-state index in [1.54, 1.807) is 24.3 Å². The Morgan fingerprint density at radius 1 is 1.00 bits per heavy atom. The van der Waals surface area contributed by atoms with E-state index in [2.05, 4.69) is 15.9 Å². The summed E-state index contributed by atoms with van der Waals surface area (Å²) in [5.41, 5.74) is 1.16. The highest BCUT2D eigenvalue weighted by atomic mass is 79.9. The minimum atomic E-state index is -3.20. The molecule has 0 saturated heterocycles. The van der Waals surface area contributed by atoms with Gasteiger partial charge in [0.1, 0.15) is 0 Å². The van der Waals surface area contributed by atoms with Crippen LogP contribution in [-0.4, -0.2) is 32.7 Å². The number of halogens is 1. The molecule has 2 aromatic rings. The Kier molecular flexibility index (Phi) is 5.56. The van der Waals surface area contributed by atoms with Crippen LogP contribution in [0.25, 0.3) is 0 Å². The molecule has 0 aliphatic heterocycles. The monoisotopic (exact) mass is 367 g/mol. The molecule has 0 unspecified atom stereocenters. The highest BCUT2D eigenvalue weighted by Crippen LogP contribution is 2.13. The quantitative estimate of drug-likeness (QED) is 0.785. The second-order valence-corrected chi connectivity index (χ2v) is 8.02. The Balaban J connectivity index is 1.92. The molecule has 0 aliphatic rings. The molecule has 0 heterocycles. The molecule has 0 N–H and O–H groups in total. The molecule has 0 aromatic heterocycles. The lowest BCUT2D eigenvalue weighted by atomic mass is 10.2. The van der Waals surface area contributed by atoms with Gasteiger partial charge < -0.3 is 4.90 Å². The van der Waals surface area contributed by atoms with Gasteiger partial charge in [-0.05, 0) is 36.9 Å². The van der Waals surface area contributed by atoms with Gasteiger partial charge in [0.05, 0.1) is 10.6 Å². The second kappa shape index (κ2) is 7.20. The van der Waals surface area contributed by atoms with Gasteiger partial charge in [0, 0.05) is 17.6 Å². The zero-order valence-electron chi connectivity index (χ0n) is 11.9. The maximum Gasteiger partial charge on any atom is 0.179 e. The van der Waals surface area contributed by atoms with Crippen molar-refractivity contribution in [2.75, 3.05) is 19.3 Å². The first kappa shape index (κ1) is 16.2. The number of benzene rings is 2. The van der Waals surface area contributed by atoms with Crippen LogP contribution in [0.5, 0.6) is 0 Å². The molecule has 0 amide bonds. The zero-order valence-corrected chi connectivity index (χ0v) is 14.3. The van der Waals surface area contributed by atoms with Crippen molar-refractivity contribution in [1.29, 1.82) is 0 Å². The summed E-state index contributed by atoms with van der Waals surface area (Å²) in [6, 6.07) is 16.6. The first-order valence-electron chi connectivity index (χ1n) is 6.68. The van der Waals surface area contributed by atoms with Crippen LogP contribution in [-0.2, 0) is 16.4 Å². The van der Waals surface area contributed by atoms with E-state index in [0.717, 1.165) is 16.6 Å². The van der Waals surface area contributed by atoms with Crippen molar-refractivity contribution in [3.8, 4) is 0 Å². The van der Waals surface area contributed by atoms with Gasteiger partial charge in [0.2, 0.25) is 0 Å². The van der Waals surface area contributed by atoms with Gasteiger partial charge >= 0.3 is 0 Å². The van der Waals surface area contributed by atoms with Crippen LogP contribution in [0.1, 0.15) is 5.56 Å². The van der Waals surface area contributed by atoms with Gasteiger partial charge in [-0.3, -0.25) is 0 Å². The second-order valence-electron chi connectivity index (χ2n) is 5.00. The minimum absolute atomic E-state index is 0.129. The van der Waals surface area contributed by atoms with Crippen LogP contribution in [0, 0.1) is 0 Å². The van der Waals surface area contributed by atoms with Crippen LogP contribution in [0.15, 0.2) is 64.0 Å². The summed E-state index contributed by atoms with van der Waals surface area (Å²) < 4.78 is 25.4. The van der Waals surface area contributed by atoms with Crippen molar-refractivity contribution >= 4 is 25.8 Å². The van der Waals surface area contributed by atoms with E-state index in [4.69, 9.17) is 0 Å². The number of sulfone groups is 1. The highest BCUT2D eigenvalue weighted by molar-refractivity contribution is 9.10. The first-order chi connectivity index (χ1) is 9.97. The third kappa shape index (κ3) is 4.95. The van der Waals surface area contributed by atoms with Crippen molar-refractivity contribution in [3.63, 3.8) is 0 Å². The molecule has 0 saturated carbocycles. The predicted molar refractivity (Wildman–Crippen MR) is 89.0 cm³/mol. The average molecular weight is 368 g/mol. The van der Waals surface area contributed by atoms with E-state index in [1.165, 1.54) is 0 Å². The molecule has 0 bridgehead atoms. The van der Waals surface area contributed by atoms with Crippen molar-refractivity contribution in [3.05, 3.63) is 64.6 Å². The van der Waals surface area contributed by atoms with E-state index in [1.807, 2.05) is 42.3 Å². The van der Waals surface area contributed by atoms with Gasteiger partial charge in [-0.15, -0.1) is 0 Å². The zero-order chi connectivity index (χ0) is 15.3. The third-order valence-corrected chi connectivity index (χ3v) is 5.45. The molecule has 112 valence electrons. The molecule has 0 spiro atoms. The molecule has 2 rings (SSSR count). The lowest BCUT2D eigenvalue weighted by molar-refractivity contribution is 0.346. The Hall–Kier alpha value is -1.17. The van der Waals surface area contributed by atoms with Crippen LogP contribution in [0.2, 0.25) is 0 Å². The van der Waals surface area contributed by atoms with E-state index in [0.29, 0.717) is 11.4 Å². The van der Waals surface area contributed by atoms with Crippen LogP contribution >= 0.6 is 15.9 Å². The molecule has 5 heteroatoms. The molecule has 0 radical (unpaired) electrons. The van der Waals surface area contributed by atoms with Gasteiger partial charge in [-0.25, -0.2) is 8.42 Å². The fourth-order valence-corrected chi connectivity index (χ4v) is 3.63. The smallest absolute Gasteiger partial charge is 0.179 e. The fraction of sp³-hybridized carbons (Fsp3) is 0.250. The van der Waals surface area contributed by atoms with E-state index >= 15 is 0 Å². The van der Waals surface area contributed by atoms with Gasteiger partial charge in [-0.1, -0.05) is 46.3 Å². The predicted octanol–water partition coefficient (Wildman–Crippen LogP) is 3.35. The molecule has 2 aromatic carbocycles. The maximum atomic E-state index is 12.2. The molecule has 3 nitrogen and oxygen atoms in total. The SMILES string of the molecule is CN(CCS(=O)(=O)c1ccccc1)Cc1ccc(Br)cc1. The third-order valence-electron chi connectivity index (χ3n) is 3.21. The average Bonchev–Trinajstić information content (AvgIpc) is 2.49. The number of hydrogen-bond acceptors (Lipinski definition) is 3. The van der Waals surface area contributed by atoms with Gasteiger partial charge in [-0.2, -0.15) is 0 Å². The Labute approximate surface area is 134 Å². The van der Waals surface area contributed by atoms with Crippen molar-refractivity contribution in [2.45, 2.75) is 11.4 Å². The molecular formula is C16H18BrNO2S. The first-order valence-corrected chi connectivity index (χ1v) is 9.13. The van der Waals surface area contributed by atoms with E-state index in [9.17, 15) is 8.42 Å². The Morgan fingerprint density at radius 2 is 1.62 bits per heavy atom.